The molecule has 0 aliphatic carbocycles. The summed E-state index contributed by atoms with van der Waals surface area (Å²) < 4.78 is 0. The quantitative estimate of drug-likeness (QED) is 0.788. The number of benzene rings is 1. The summed E-state index contributed by atoms with van der Waals surface area (Å²) in [6, 6.07) is 7.92. The van der Waals surface area contributed by atoms with Gasteiger partial charge in [0.25, 0.3) is 0 Å². The van der Waals surface area contributed by atoms with Crippen LogP contribution >= 0.6 is 11.8 Å². The van der Waals surface area contributed by atoms with Crippen LogP contribution in [0.1, 0.15) is 18.1 Å². The summed E-state index contributed by atoms with van der Waals surface area (Å²) in [5.74, 6) is -1.12. The third-order valence-electron chi connectivity index (χ3n) is 2.92. The van der Waals surface area contributed by atoms with Crippen LogP contribution in [-0.4, -0.2) is 16.7 Å². The summed E-state index contributed by atoms with van der Waals surface area (Å²) in [6.07, 6.45) is 0.846. The molecule has 1 aromatic carbocycles. The first-order valence-electron chi connectivity index (χ1n) is 5.84. The van der Waals surface area contributed by atoms with E-state index < -0.39 is 5.97 Å². The Hall–Kier alpha value is -1.55. The molecule has 0 unspecified atom stereocenters. The standard InChI is InChI=1S/C14H15NO2S/c1-3-10-9(2)11-6-4-5-7-12(11)15-14(10)18-8-13(16)17/h4-7H,3,8H2,1-2H3,(H,16,17)/p-1. The van der Waals surface area contributed by atoms with E-state index in [2.05, 4.69) is 18.8 Å². The molecule has 0 fully saturated rings. The van der Waals surface area contributed by atoms with E-state index in [-0.39, 0.29) is 5.75 Å². The molecule has 0 bridgehead atoms. The van der Waals surface area contributed by atoms with Crippen LogP contribution < -0.4 is 5.11 Å². The Kier molecular flexibility index (Phi) is 3.87. The monoisotopic (exact) mass is 260 g/mol. The minimum atomic E-state index is -1.06. The van der Waals surface area contributed by atoms with Crippen molar-refractivity contribution in [3.63, 3.8) is 0 Å². The predicted molar refractivity (Wildman–Crippen MR) is 71.6 cm³/mol. The van der Waals surface area contributed by atoms with Crippen LogP contribution in [0.3, 0.4) is 0 Å². The topological polar surface area (TPSA) is 53.0 Å². The van der Waals surface area contributed by atoms with E-state index in [1.807, 2.05) is 24.3 Å². The van der Waals surface area contributed by atoms with Crippen molar-refractivity contribution < 1.29 is 9.90 Å². The summed E-state index contributed by atoms with van der Waals surface area (Å²) >= 11 is 1.24. The van der Waals surface area contributed by atoms with Gasteiger partial charge in [0.2, 0.25) is 0 Å². The van der Waals surface area contributed by atoms with E-state index >= 15 is 0 Å². The van der Waals surface area contributed by atoms with Crippen molar-refractivity contribution >= 4 is 28.6 Å². The zero-order chi connectivity index (χ0) is 13.1. The van der Waals surface area contributed by atoms with Crippen molar-refractivity contribution in [1.29, 1.82) is 0 Å². The second-order valence-electron chi connectivity index (χ2n) is 4.05. The molecule has 0 atom stereocenters. The molecule has 0 aliphatic heterocycles. The minimum absolute atomic E-state index is 0.0578. The van der Waals surface area contributed by atoms with Gasteiger partial charge in [0, 0.05) is 11.1 Å². The molecule has 0 N–H and O–H groups in total. The zero-order valence-corrected chi connectivity index (χ0v) is 11.2. The maximum atomic E-state index is 10.6. The van der Waals surface area contributed by atoms with Gasteiger partial charge >= 0.3 is 0 Å². The number of carboxylic acids is 1. The average Bonchev–Trinajstić information content (AvgIpc) is 2.36. The molecule has 0 saturated heterocycles. The van der Waals surface area contributed by atoms with Crippen LogP contribution in [0, 0.1) is 6.92 Å². The lowest BCUT2D eigenvalue weighted by Gasteiger charge is -2.13. The van der Waals surface area contributed by atoms with Gasteiger partial charge < -0.3 is 9.90 Å². The van der Waals surface area contributed by atoms with Crippen molar-refractivity contribution in [3.8, 4) is 0 Å². The normalized spacial score (nSPS) is 10.8. The predicted octanol–water partition coefficient (Wildman–Crippen LogP) is 1.95. The number of aryl methyl sites for hydroxylation is 1. The fourth-order valence-corrected chi connectivity index (χ4v) is 2.94. The van der Waals surface area contributed by atoms with Crippen molar-refractivity contribution in [2.75, 3.05) is 5.75 Å². The largest absolute Gasteiger partial charge is 0.549 e. The van der Waals surface area contributed by atoms with Crippen LogP contribution in [0.25, 0.3) is 10.9 Å². The van der Waals surface area contributed by atoms with Gasteiger partial charge in [-0.3, -0.25) is 0 Å². The number of rotatable bonds is 4. The van der Waals surface area contributed by atoms with Gasteiger partial charge in [-0.1, -0.05) is 25.1 Å². The molecule has 4 heteroatoms. The maximum Gasteiger partial charge on any atom is 0.101 e. The number of thioether (sulfide) groups is 1. The van der Waals surface area contributed by atoms with Crippen LogP contribution in [0.2, 0.25) is 0 Å². The number of aliphatic carboxylic acids is 1. The minimum Gasteiger partial charge on any atom is -0.549 e. The Morgan fingerprint density at radius 3 is 2.78 bits per heavy atom. The lowest BCUT2D eigenvalue weighted by molar-refractivity contribution is -0.301. The zero-order valence-electron chi connectivity index (χ0n) is 10.4. The van der Waals surface area contributed by atoms with Gasteiger partial charge in [0.1, 0.15) is 5.03 Å². The summed E-state index contributed by atoms with van der Waals surface area (Å²) in [7, 11) is 0. The molecule has 18 heavy (non-hydrogen) atoms. The van der Waals surface area contributed by atoms with Crippen LogP contribution in [0.4, 0.5) is 0 Å². The number of pyridine rings is 1. The molecule has 3 nitrogen and oxygen atoms in total. The number of carbonyl (C=O) groups excluding carboxylic acids is 1. The van der Waals surface area contributed by atoms with Crippen molar-refractivity contribution in [2.24, 2.45) is 0 Å². The van der Waals surface area contributed by atoms with Crippen molar-refractivity contribution in [1.82, 2.24) is 4.98 Å². The summed E-state index contributed by atoms with van der Waals surface area (Å²) in [5.41, 5.74) is 3.22. The highest BCUT2D eigenvalue weighted by molar-refractivity contribution is 7.99. The summed E-state index contributed by atoms with van der Waals surface area (Å²) in [4.78, 5) is 15.1. The number of hydrogen-bond donors (Lipinski definition) is 0. The molecule has 2 aromatic rings. The highest BCUT2D eigenvalue weighted by atomic mass is 32.2. The van der Waals surface area contributed by atoms with Gasteiger partial charge in [0.15, 0.2) is 0 Å². The fourth-order valence-electron chi connectivity index (χ4n) is 2.05. The molecule has 1 aromatic heterocycles. The van der Waals surface area contributed by atoms with E-state index in [1.54, 1.807) is 0 Å². The lowest BCUT2D eigenvalue weighted by atomic mass is 10.0. The number of carboxylic acid groups (broad SMARTS) is 1. The number of carbonyl (C=O) groups is 1. The number of nitrogens with zero attached hydrogens (tertiary/aromatic N) is 1. The number of aromatic nitrogens is 1. The molecule has 0 amide bonds. The van der Waals surface area contributed by atoms with Gasteiger partial charge in [-0.15, -0.1) is 11.8 Å². The van der Waals surface area contributed by atoms with Crippen LogP contribution in [0.15, 0.2) is 29.3 Å². The van der Waals surface area contributed by atoms with E-state index in [4.69, 9.17) is 0 Å². The SMILES string of the molecule is CCc1c(SCC(=O)[O-])nc2ccccc2c1C. The molecule has 0 radical (unpaired) electrons. The second-order valence-corrected chi connectivity index (χ2v) is 5.02. The average molecular weight is 260 g/mol. The van der Waals surface area contributed by atoms with Crippen LogP contribution in [-0.2, 0) is 11.2 Å². The van der Waals surface area contributed by atoms with E-state index in [0.717, 1.165) is 27.9 Å². The molecular weight excluding hydrogens is 246 g/mol. The molecule has 0 spiro atoms. The molecular formula is C14H14NO2S-. The first-order chi connectivity index (χ1) is 8.63. The molecule has 0 saturated carbocycles. The van der Waals surface area contributed by atoms with Crippen molar-refractivity contribution in [2.45, 2.75) is 25.3 Å². The molecule has 0 aliphatic rings. The van der Waals surface area contributed by atoms with Gasteiger partial charge in [0.05, 0.1) is 11.5 Å². The Morgan fingerprint density at radius 1 is 1.39 bits per heavy atom. The van der Waals surface area contributed by atoms with Gasteiger partial charge in [-0.2, -0.15) is 0 Å². The summed E-state index contributed by atoms with van der Waals surface area (Å²) in [6.45, 7) is 4.12. The Bertz CT molecular complexity index is 596. The number of fused-ring (bicyclic) bond motifs is 1. The Balaban J connectivity index is 2.54. The van der Waals surface area contributed by atoms with E-state index in [0.29, 0.717) is 0 Å². The fraction of sp³-hybridized carbons (Fsp3) is 0.286. The van der Waals surface area contributed by atoms with E-state index in [9.17, 15) is 9.90 Å². The van der Waals surface area contributed by atoms with Gasteiger partial charge in [-0.05, 0) is 30.5 Å². The summed E-state index contributed by atoms with van der Waals surface area (Å²) in [5, 5.41) is 12.5. The smallest absolute Gasteiger partial charge is 0.101 e. The number of para-hydroxylation sites is 1. The maximum absolute atomic E-state index is 10.6. The first-order valence-corrected chi connectivity index (χ1v) is 6.83. The van der Waals surface area contributed by atoms with E-state index in [1.165, 1.54) is 17.3 Å². The molecule has 1 heterocycles. The molecule has 2 rings (SSSR count). The Morgan fingerprint density at radius 2 is 2.11 bits per heavy atom. The lowest BCUT2D eigenvalue weighted by Crippen LogP contribution is -2.24. The Labute approximate surface area is 110 Å². The van der Waals surface area contributed by atoms with Crippen molar-refractivity contribution in [3.05, 3.63) is 35.4 Å². The highest BCUT2D eigenvalue weighted by Crippen LogP contribution is 2.29. The van der Waals surface area contributed by atoms with Gasteiger partial charge in [-0.25, -0.2) is 4.98 Å². The first kappa shape index (κ1) is 12.9. The second kappa shape index (κ2) is 5.40. The third-order valence-corrected chi connectivity index (χ3v) is 3.91. The number of hydrogen-bond acceptors (Lipinski definition) is 4. The molecule has 94 valence electrons. The third kappa shape index (κ3) is 2.48. The van der Waals surface area contributed by atoms with Crippen LogP contribution in [0.5, 0.6) is 0 Å². The highest BCUT2D eigenvalue weighted by Gasteiger charge is 2.10.